The minimum absolute atomic E-state index is 0.0314. The number of nitrogens with one attached hydrogen (secondary N) is 1. The SMILES string of the molecule is CCCCCC1CCC(c2ccc(-c3ccc(C(=O)Nc4ccc(-c5ccc6c7c(c8c(c6c5)-c5ccccc5CO8)C=CC(c5ccc(OC)cc5)(c5ccc(OC)cc5)O7)c(C(F)(F)F)c4)cc3)cc2)CC1. The normalized spacial score (nSPS) is 16.5. The average molecular weight is 990 g/mol. The highest BCUT2D eigenvalue weighted by Crippen LogP contribution is 2.55. The zero-order valence-electron chi connectivity index (χ0n) is 41.9. The van der Waals surface area contributed by atoms with E-state index in [4.69, 9.17) is 18.9 Å². The standard InChI is InChI=1S/C65H58F3NO5/c1-4-5-6-9-41-12-14-42(15-13-41)43-16-18-44(19-17-43)45-20-22-46(23-21-45)63(70)69-51-29-35-54(59(39-51)65(66,67)68)47-24-34-56-58(38-47)60-55-11-8-7-10-48(55)40-73-62(60)57-36-37-64(74-61(56)57,49-25-30-52(71-2)31-26-49)50-27-32-53(72-3)33-28-50/h7-8,10-11,16-39,41-42H,4-6,9,12-15,40H2,1-3H3,(H,69,70). The summed E-state index contributed by atoms with van der Waals surface area (Å²) in [4.78, 5) is 13.6. The van der Waals surface area contributed by atoms with E-state index >= 15 is 13.2 Å². The highest BCUT2D eigenvalue weighted by atomic mass is 19.4. The number of hydrogen-bond donors (Lipinski definition) is 1. The van der Waals surface area contributed by atoms with Crippen LogP contribution in [0.25, 0.3) is 50.2 Å². The summed E-state index contributed by atoms with van der Waals surface area (Å²) >= 11 is 0. The van der Waals surface area contributed by atoms with Crippen LogP contribution in [0.1, 0.15) is 108 Å². The molecule has 8 aromatic carbocycles. The lowest BCUT2D eigenvalue weighted by molar-refractivity contribution is -0.137. The Hall–Kier alpha value is -7.78. The highest BCUT2D eigenvalue weighted by molar-refractivity contribution is 6.09. The van der Waals surface area contributed by atoms with Crippen LogP contribution in [0.15, 0.2) is 164 Å². The third kappa shape index (κ3) is 9.29. The van der Waals surface area contributed by atoms with Crippen LogP contribution >= 0.6 is 0 Å². The number of methoxy groups -OCH3 is 2. The molecule has 0 saturated heterocycles. The van der Waals surface area contributed by atoms with Gasteiger partial charge in [0.2, 0.25) is 0 Å². The van der Waals surface area contributed by atoms with E-state index in [1.807, 2.05) is 103 Å². The van der Waals surface area contributed by atoms with Gasteiger partial charge >= 0.3 is 6.18 Å². The highest BCUT2D eigenvalue weighted by Gasteiger charge is 2.41. The van der Waals surface area contributed by atoms with Crippen LogP contribution in [0.5, 0.6) is 23.0 Å². The number of carbonyl (C=O) groups is 1. The van der Waals surface area contributed by atoms with Crippen molar-refractivity contribution in [2.45, 2.75) is 82.6 Å². The van der Waals surface area contributed by atoms with Crippen molar-refractivity contribution >= 4 is 28.4 Å². The molecule has 8 aromatic rings. The van der Waals surface area contributed by atoms with Crippen LogP contribution in [-0.4, -0.2) is 20.1 Å². The van der Waals surface area contributed by atoms with Gasteiger partial charge in [-0.3, -0.25) is 4.79 Å². The monoisotopic (exact) mass is 989 g/mol. The lowest BCUT2D eigenvalue weighted by Gasteiger charge is -2.38. The van der Waals surface area contributed by atoms with Crippen LogP contribution in [0.2, 0.25) is 0 Å². The number of unbranched alkanes of at least 4 members (excludes halogenated alkanes) is 2. The molecule has 9 heteroatoms. The van der Waals surface area contributed by atoms with Gasteiger partial charge in [-0.05, 0) is 155 Å². The number of benzene rings is 8. The quantitative estimate of drug-likeness (QED) is 0.117. The number of amides is 1. The molecule has 2 aliphatic heterocycles. The summed E-state index contributed by atoms with van der Waals surface area (Å²) in [5.41, 5.74) is 7.09. The number of carbonyl (C=O) groups excluding carboxylic acids is 1. The van der Waals surface area contributed by atoms with Gasteiger partial charge in [0, 0.05) is 33.3 Å². The summed E-state index contributed by atoms with van der Waals surface area (Å²) < 4.78 is 70.9. The number of hydrogen-bond acceptors (Lipinski definition) is 5. The lowest BCUT2D eigenvalue weighted by atomic mass is 9.77. The molecule has 2 heterocycles. The van der Waals surface area contributed by atoms with E-state index in [1.54, 1.807) is 38.5 Å². The van der Waals surface area contributed by atoms with Crippen molar-refractivity contribution in [2.24, 2.45) is 5.92 Å². The van der Waals surface area contributed by atoms with Crippen molar-refractivity contribution in [3.8, 4) is 56.4 Å². The second-order valence-corrected chi connectivity index (χ2v) is 19.9. The first kappa shape index (κ1) is 48.5. The fourth-order valence-corrected chi connectivity index (χ4v) is 11.4. The number of ether oxygens (including phenoxy) is 4. The molecule has 6 nitrogen and oxygen atoms in total. The molecule has 0 aromatic heterocycles. The summed E-state index contributed by atoms with van der Waals surface area (Å²) in [7, 11) is 3.23. The van der Waals surface area contributed by atoms with Gasteiger partial charge in [-0.15, -0.1) is 0 Å². The molecule has 3 aliphatic rings. The molecule has 0 atom stereocenters. The van der Waals surface area contributed by atoms with E-state index in [1.165, 1.54) is 69.1 Å². The maximum absolute atomic E-state index is 15.3. The summed E-state index contributed by atoms with van der Waals surface area (Å²) in [6.07, 6.45) is 9.66. The largest absolute Gasteiger partial charge is 0.497 e. The molecular weight excluding hydrogens is 932 g/mol. The molecule has 1 aliphatic carbocycles. The van der Waals surface area contributed by atoms with Gasteiger partial charge in [0.25, 0.3) is 5.91 Å². The van der Waals surface area contributed by atoms with Crippen molar-refractivity contribution in [3.63, 3.8) is 0 Å². The summed E-state index contributed by atoms with van der Waals surface area (Å²) in [6, 6.07) is 48.6. The molecule has 1 amide bonds. The molecule has 0 radical (unpaired) electrons. The van der Waals surface area contributed by atoms with Crippen LogP contribution in [-0.2, 0) is 18.4 Å². The van der Waals surface area contributed by atoms with Crippen LogP contribution < -0.4 is 24.3 Å². The fourth-order valence-electron chi connectivity index (χ4n) is 11.4. The molecule has 0 unspecified atom stereocenters. The molecule has 11 rings (SSSR count). The Balaban J connectivity index is 0.898. The third-order valence-electron chi connectivity index (χ3n) is 15.5. The van der Waals surface area contributed by atoms with E-state index in [9.17, 15) is 4.79 Å². The van der Waals surface area contributed by atoms with E-state index in [0.717, 1.165) is 56.5 Å². The van der Waals surface area contributed by atoms with E-state index in [0.29, 0.717) is 57.4 Å². The second-order valence-electron chi connectivity index (χ2n) is 19.9. The minimum atomic E-state index is -4.76. The predicted molar refractivity (Wildman–Crippen MR) is 289 cm³/mol. The maximum atomic E-state index is 15.3. The molecule has 0 bridgehead atoms. The Morgan fingerprint density at radius 1 is 0.676 bits per heavy atom. The molecule has 1 N–H and O–H groups in total. The first-order chi connectivity index (χ1) is 36.0. The second kappa shape index (κ2) is 20.3. The molecule has 1 fully saturated rings. The fraction of sp³-hybridized carbons (Fsp3) is 0.246. The number of fused-ring (bicyclic) bond motifs is 8. The number of alkyl halides is 3. The molecule has 1 saturated carbocycles. The Labute approximate surface area is 430 Å². The number of anilines is 1. The summed E-state index contributed by atoms with van der Waals surface area (Å²) in [5.74, 6) is 3.43. The molecule has 374 valence electrons. The summed E-state index contributed by atoms with van der Waals surface area (Å²) in [5, 5.41) is 4.10. The Morgan fingerprint density at radius 3 is 1.97 bits per heavy atom. The van der Waals surface area contributed by atoms with Crippen molar-refractivity contribution in [1.82, 2.24) is 0 Å². The number of halogens is 3. The molecule has 0 spiro atoms. The average Bonchev–Trinajstić information content (AvgIpc) is 3.46. The van der Waals surface area contributed by atoms with Gasteiger partial charge in [0.05, 0.1) is 25.3 Å². The van der Waals surface area contributed by atoms with Gasteiger partial charge in [-0.2, -0.15) is 13.2 Å². The maximum Gasteiger partial charge on any atom is 0.417 e. The van der Waals surface area contributed by atoms with Gasteiger partial charge in [0.1, 0.15) is 29.6 Å². The van der Waals surface area contributed by atoms with E-state index in [2.05, 4.69) is 36.5 Å². The van der Waals surface area contributed by atoms with Gasteiger partial charge in [-0.25, -0.2) is 0 Å². The van der Waals surface area contributed by atoms with Crippen molar-refractivity contribution in [2.75, 3.05) is 19.5 Å². The Kier molecular flexibility index (Phi) is 13.3. The van der Waals surface area contributed by atoms with Gasteiger partial charge in [0.15, 0.2) is 5.60 Å². The molecular formula is C65H58F3NO5. The van der Waals surface area contributed by atoms with E-state index in [-0.39, 0.29) is 11.3 Å². The van der Waals surface area contributed by atoms with Crippen molar-refractivity contribution in [1.29, 1.82) is 0 Å². The van der Waals surface area contributed by atoms with E-state index < -0.39 is 23.2 Å². The minimum Gasteiger partial charge on any atom is -0.497 e. The van der Waals surface area contributed by atoms with Crippen LogP contribution in [0.3, 0.4) is 0 Å². The molecule has 74 heavy (non-hydrogen) atoms. The predicted octanol–water partition coefficient (Wildman–Crippen LogP) is 17.2. The van der Waals surface area contributed by atoms with Crippen LogP contribution in [0.4, 0.5) is 18.9 Å². The smallest absolute Gasteiger partial charge is 0.417 e. The zero-order valence-corrected chi connectivity index (χ0v) is 41.9. The topological polar surface area (TPSA) is 66.0 Å². The lowest BCUT2D eigenvalue weighted by Crippen LogP contribution is -2.34. The Morgan fingerprint density at radius 2 is 1.32 bits per heavy atom. The zero-order chi connectivity index (χ0) is 51.0. The van der Waals surface area contributed by atoms with Crippen LogP contribution in [0, 0.1) is 5.92 Å². The van der Waals surface area contributed by atoms with Gasteiger partial charge < -0.3 is 24.3 Å². The van der Waals surface area contributed by atoms with Gasteiger partial charge in [-0.1, -0.05) is 130 Å². The Bertz CT molecular complexity index is 3320. The summed E-state index contributed by atoms with van der Waals surface area (Å²) in [6.45, 7) is 2.57. The first-order valence-electron chi connectivity index (χ1n) is 25.8. The third-order valence-corrected chi connectivity index (χ3v) is 15.5. The number of rotatable bonds is 13. The van der Waals surface area contributed by atoms with Crippen molar-refractivity contribution < 1.29 is 36.9 Å². The van der Waals surface area contributed by atoms with Crippen molar-refractivity contribution in [3.05, 3.63) is 203 Å². The first-order valence-corrected chi connectivity index (χ1v) is 25.8.